The van der Waals surface area contributed by atoms with Gasteiger partial charge in [-0.05, 0) is 56.2 Å². The van der Waals surface area contributed by atoms with Crippen LogP contribution in [0.5, 0.6) is 0 Å². The summed E-state index contributed by atoms with van der Waals surface area (Å²) in [4.78, 5) is 39.5. The van der Waals surface area contributed by atoms with Crippen LogP contribution in [0.4, 0.5) is 10.5 Å². The summed E-state index contributed by atoms with van der Waals surface area (Å²) in [6.07, 6.45) is 0.748. The lowest BCUT2D eigenvalue weighted by atomic mass is 9.94. The number of carbonyl (C=O) groups is 3. The summed E-state index contributed by atoms with van der Waals surface area (Å²) in [7, 11) is 0. The molecule has 1 atom stereocenters. The lowest BCUT2D eigenvalue weighted by Gasteiger charge is -2.35. The first-order valence-corrected chi connectivity index (χ1v) is 11.3. The van der Waals surface area contributed by atoms with E-state index >= 15 is 0 Å². The average Bonchev–Trinajstić information content (AvgIpc) is 2.76. The van der Waals surface area contributed by atoms with Gasteiger partial charge in [-0.2, -0.15) is 0 Å². The van der Waals surface area contributed by atoms with E-state index in [1.54, 1.807) is 55.1 Å². The smallest absolute Gasteiger partial charge is 0.338 e. The van der Waals surface area contributed by atoms with Crippen LogP contribution in [-0.2, 0) is 9.53 Å². The molecule has 2 aromatic rings. The predicted octanol–water partition coefficient (Wildman–Crippen LogP) is 5.56. The minimum Gasteiger partial charge on any atom is -0.463 e. The molecule has 2 aromatic carbocycles. The number of ether oxygens (including phenoxy) is 1. The maximum absolute atomic E-state index is 12.7. The number of amides is 3. The van der Waals surface area contributed by atoms with Crippen molar-refractivity contribution >= 4 is 46.8 Å². The number of esters is 1. The zero-order valence-corrected chi connectivity index (χ0v) is 20.1. The van der Waals surface area contributed by atoms with E-state index in [9.17, 15) is 14.4 Å². The topological polar surface area (TPSA) is 87.7 Å². The summed E-state index contributed by atoms with van der Waals surface area (Å²) >= 11 is 12.0. The zero-order valence-electron chi connectivity index (χ0n) is 18.6. The Hall–Kier alpha value is -3.03. The molecule has 0 unspecified atom stereocenters. The van der Waals surface area contributed by atoms with Crippen molar-refractivity contribution < 1.29 is 19.1 Å². The number of benzene rings is 2. The fraction of sp³-hybridized carbons (Fsp3) is 0.292. The van der Waals surface area contributed by atoms with Crippen molar-refractivity contribution in [1.82, 2.24) is 10.2 Å². The summed E-state index contributed by atoms with van der Waals surface area (Å²) < 4.78 is 5.26. The Kier molecular flexibility index (Phi) is 8.00. The molecule has 0 saturated carbocycles. The molecule has 174 valence electrons. The number of urea groups is 1. The van der Waals surface area contributed by atoms with E-state index in [0.29, 0.717) is 39.7 Å². The molecule has 3 amide bonds. The summed E-state index contributed by atoms with van der Waals surface area (Å²) in [5.74, 6) is -0.857. The first-order valence-electron chi connectivity index (χ1n) is 10.6. The molecular formula is C24H25Cl2N3O4. The quantitative estimate of drug-likeness (QED) is 0.498. The number of allylic oxidation sites excluding steroid dienone is 1. The van der Waals surface area contributed by atoms with E-state index in [-0.39, 0.29) is 23.6 Å². The van der Waals surface area contributed by atoms with Gasteiger partial charge in [0.15, 0.2) is 0 Å². The highest BCUT2D eigenvalue weighted by atomic mass is 35.5. The van der Waals surface area contributed by atoms with Crippen LogP contribution in [0.2, 0.25) is 10.0 Å². The molecule has 1 aliphatic heterocycles. The normalized spacial score (nSPS) is 15.8. The maximum Gasteiger partial charge on any atom is 0.338 e. The molecule has 33 heavy (non-hydrogen) atoms. The molecule has 2 N–H and O–H groups in total. The van der Waals surface area contributed by atoms with Gasteiger partial charge >= 0.3 is 12.0 Å². The lowest BCUT2D eigenvalue weighted by Crippen LogP contribution is -2.48. The van der Waals surface area contributed by atoms with Crippen LogP contribution in [0, 0.1) is 0 Å². The Labute approximate surface area is 202 Å². The number of hydrogen-bond donors (Lipinski definition) is 2. The molecule has 1 heterocycles. The van der Waals surface area contributed by atoms with E-state index < -0.39 is 12.0 Å². The number of rotatable bonds is 7. The van der Waals surface area contributed by atoms with Crippen molar-refractivity contribution in [3.05, 3.63) is 74.9 Å². The van der Waals surface area contributed by atoms with Crippen molar-refractivity contribution in [1.29, 1.82) is 0 Å². The molecule has 7 nitrogen and oxygen atoms in total. The van der Waals surface area contributed by atoms with Crippen LogP contribution in [0.3, 0.4) is 0 Å². The number of anilines is 1. The minimum atomic E-state index is -0.667. The van der Waals surface area contributed by atoms with E-state index in [1.165, 1.54) is 6.07 Å². The monoisotopic (exact) mass is 489 g/mol. The van der Waals surface area contributed by atoms with Gasteiger partial charge in [0.05, 0.1) is 28.8 Å². The second-order valence-corrected chi connectivity index (χ2v) is 8.30. The van der Waals surface area contributed by atoms with Crippen LogP contribution in [0.25, 0.3) is 0 Å². The Morgan fingerprint density at radius 2 is 1.82 bits per heavy atom. The van der Waals surface area contributed by atoms with Crippen molar-refractivity contribution in [3.8, 4) is 0 Å². The van der Waals surface area contributed by atoms with Crippen molar-refractivity contribution in [2.75, 3.05) is 18.5 Å². The molecule has 3 rings (SSSR count). The molecule has 0 bridgehead atoms. The van der Waals surface area contributed by atoms with Gasteiger partial charge in [-0.15, -0.1) is 0 Å². The van der Waals surface area contributed by atoms with Gasteiger partial charge in [-0.3, -0.25) is 9.69 Å². The van der Waals surface area contributed by atoms with Crippen LogP contribution in [-0.4, -0.2) is 36.0 Å². The fourth-order valence-electron chi connectivity index (χ4n) is 3.63. The molecule has 0 fully saturated rings. The second kappa shape index (κ2) is 10.7. The van der Waals surface area contributed by atoms with E-state index in [0.717, 1.165) is 6.42 Å². The van der Waals surface area contributed by atoms with Gasteiger partial charge in [0.25, 0.3) is 5.91 Å². The first kappa shape index (κ1) is 24.6. The molecule has 0 aliphatic carbocycles. The number of halogens is 2. The van der Waals surface area contributed by atoms with Crippen molar-refractivity contribution in [2.24, 2.45) is 0 Å². The second-order valence-electron chi connectivity index (χ2n) is 7.45. The number of nitrogens with zero attached hydrogens (tertiary/aromatic N) is 1. The highest BCUT2D eigenvalue weighted by molar-refractivity contribution is 6.37. The first-order chi connectivity index (χ1) is 15.8. The van der Waals surface area contributed by atoms with Gasteiger partial charge in [0.1, 0.15) is 0 Å². The van der Waals surface area contributed by atoms with E-state index in [4.69, 9.17) is 27.9 Å². The Morgan fingerprint density at radius 3 is 2.42 bits per heavy atom. The van der Waals surface area contributed by atoms with Crippen LogP contribution in [0.1, 0.15) is 49.2 Å². The zero-order chi connectivity index (χ0) is 24.1. The van der Waals surface area contributed by atoms with E-state index in [2.05, 4.69) is 10.6 Å². The van der Waals surface area contributed by atoms with Gasteiger partial charge in [0.2, 0.25) is 0 Å². The standard InChI is InChI=1S/C24H25Cl2N3O4/c1-4-12-29-14(3)20(23(31)33-5-2)21(28-24(29)32)15-6-9-17(10-7-15)27-22(30)18-11-8-16(25)13-19(18)26/h6-11,13,21H,4-5,12H2,1-3H3,(H,27,30)(H,28,32)/t21-/m0/s1. The molecule has 1 aliphatic rings. The molecule has 0 radical (unpaired) electrons. The number of carbonyl (C=O) groups excluding carboxylic acids is 3. The summed E-state index contributed by atoms with van der Waals surface area (Å²) in [6.45, 7) is 6.16. The van der Waals surface area contributed by atoms with Gasteiger partial charge in [-0.25, -0.2) is 9.59 Å². The Balaban J connectivity index is 1.86. The van der Waals surface area contributed by atoms with Crippen LogP contribution < -0.4 is 10.6 Å². The van der Waals surface area contributed by atoms with Crippen LogP contribution >= 0.6 is 23.2 Å². The highest BCUT2D eigenvalue weighted by Crippen LogP contribution is 2.32. The van der Waals surface area contributed by atoms with Gasteiger partial charge in [-0.1, -0.05) is 42.3 Å². The maximum atomic E-state index is 12.7. The summed E-state index contributed by atoms with van der Waals surface area (Å²) in [6, 6.07) is 10.6. The molecule has 0 saturated heterocycles. The third-order valence-corrected chi connectivity index (χ3v) is 5.76. The minimum absolute atomic E-state index is 0.224. The SMILES string of the molecule is CCCN1C(=O)N[C@@H](c2ccc(NC(=O)c3ccc(Cl)cc3Cl)cc2)C(C(=O)OCC)=C1C. The predicted molar refractivity (Wildman–Crippen MR) is 128 cm³/mol. The molecular weight excluding hydrogens is 465 g/mol. The lowest BCUT2D eigenvalue weighted by molar-refractivity contribution is -0.139. The summed E-state index contributed by atoms with van der Waals surface area (Å²) in [5, 5.41) is 6.36. The third-order valence-electron chi connectivity index (χ3n) is 5.22. The third kappa shape index (κ3) is 5.49. The molecule has 9 heteroatoms. The number of nitrogens with one attached hydrogen (secondary N) is 2. The Morgan fingerprint density at radius 1 is 1.12 bits per heavy atom. The largest absolute Gasteiger partial charge is 0.463 e. The van der Waals surface area contributed by atoms with Gasteiger partial charge in [0, 0.05) is 23.0 Å². The van der Waals surface area contributed by atoms with Crippen molar-refractivity contribution in [2.45, 2.75) is 33.2 Å². The Bertz CT molecular complexity index is 1100. The highest BCUT2D eigenvalue weighted by Gasteiger charge is 2.36. The van der Waals surface area contributed by atoms with Crippen LogP contribution in [0.15, 0.2) is 53.7 Å². The fourth-order valence-corrected chi connectivity index (χ4v) is 4.12. The van der Waals surface area contributed by atoms with Gasteiger partial charge < -0.3 is 15.4 Å². The van der Waals surface area contributed by atoms with E-state index in [1.807, 2.05) is 6.92 Å². The van der Waals surface area contributed by atoms with Crippen molar-refractivity contribution in [3.63, 3.8) is 0 Å². The summed E-state index contributed by atoms with van der Waals surface area (Å²) in [5.41, 5.74) is 2.46. The average molecular weight is 490 g/mol. The molecule has 0 aromatic heterocycles. The number of hydrogen-bond acceptors (Lipinski definition) is 4. The molecule has 0 spiro atoms.